The van der Waals surface area contributed by atoms with Crippen LogP contribution in [0.1, 0.15) is 10.4 Å². The fraction of sp³-hybridized carbons (Fsp3) is 0. The second-order valence-electron chi connectivity index (χ2n) is 3.52. The first-order valence-electron chi connectivity index (χ1n) is 5.32. The first-order valence-corrected chi connectivity index (χ1v) is 5.32. The molecule has 102 valence electrons. The maximum absolute atomic E-state index is 12.0. The van der Waals surface area contributed by atoms with Gasteiger partial charge in [0.05, 0.1) is 22.9 Å². The standard InChI is InChI=1S/C10H9N7O3/c11-15-8-6(2-1-3-7(8)17(19)20)9(18)14-10-12-4-5-13-16-10/h1-5,15H,11H2,(H,12,14,16,18). The number of amides is 1. The van der Waals surface area contributed by atoms with Crippen LogP contribution in [0.25, 0.3) is 0 Å². The molecule has 4 N–H and O–H groups in total. The van der Waals surface area contributed by atoms with Gasteiger partial charge in [0, 0.05) is 6.07 Å². The Balaban J connectivity index is 2.35. The van der Waals surface area contributed by atoms with E-state index in [1.807, 2.05) is 0 Å². The van der Waals surface area contributed by atoms with E-state index in [2.05, 4.69) is 25.9 Å². The monoisotopic (exact) mass is 275 g/mol. The molecule has 0 saturated carbocycles. The van der Waals surface area contributed by atoms with Crippen LogP contribution < -0.4 is 16.6 Å². The van der Waals surface area contributed by atoms with Crippen molar-refractivity contribution in [2.45, 2.75) is 0 Å². The zero-order valence-corrected chi connectivity index (χ0v) is 9.98. The average Bonchev–Trinajstić information content (AvgIpc) is 2.47. The Morgan fingerprint density at radius 2 is 2.15 bits per heavy atom. The molecule has 0 fully saturated rings. The second-order valence-corrected chi connectivity index (χ2v) is 3.52. The zero-order valence-electron chi connectivity index (χ0n) is 9.98. The number of rotatable bonds is 4. The van der Waals surface area contributed by atoms with E-state index in [1.165, 1.54) is 30.6 Å². The smallest absolute Gasteiger partial charge is 0.294 e. The van der Waals surface area contributed by atoms with Gasteiger partial charge in [-0.2, -0.15) is 5.10 Å². The first-order chi connectivity index (χ1) is 9.63. The van der Waals surface area contributed by atoms with E-state index >= 15 is 0 Å². The van der Waals surface area contributed by atoms with Crippen molar-refractivity contribution in [2.75, 3.05) is 10.7 Å². The number of hydrogen-bond donors (Lipinski definition) is 3. The van der Waals surface area contributed by atoms with Gasteiger partial charge in [0.2, 0.25) is 5.95 Å². The van der Waals surface area contributed by atoms with Crippen molar-refractivity contribution in [3.05, 3.63) is 46.3 Å². The molecule has 1 heterocycles. The number of aromatic nitrogens is 3. The van der Waals surface area contributed by atoms with E-state index in [4.69, 9.17) is 5.84 Å². The molecule has 1 aromatic heterocycles. The number of carbonyl (C=O) groups excluding carboxylic acids is 1. The number of anilines is 2. The Morgan fingerprint density at radius 3 is 2.75 bits per heavy atom. The van der Waals surface area contributed by atoms with Crippen molar-refractivity contribution in [3.63, 3.8) is 0 Å². The highest BCUT2D eigenvalue weighted by Gasteiger charge is 2.21. The SMILES string of the molecule is NNc1c(C(=O)Nc2nccnn2)cccc1[N+](=O)[O-]. The lowest BCUT2D eigenvalue weighted by Crippen LogP contribution is -2.19. The van der Waals surface area contributed by atoms with Crippen LogP contribution >= 0.6 is 0 Å². The minimum absolute atomic E-state index is 0.00541. The number of carbonyl (C=O) groups is 1. The lowest BCUT2D eigenvalue weighted by molar-refractivity contribution is -0.384. The van der Waals surface area contributed by atoms with Gasteiger partial charge in [-0.15, -0.1) is 5.10 Å². The number of nitrogens with two attached hydrogens (primary N) is 1. The van der Waals surface area contributed by atoms with Gasteiger partial charge < -0.3 is 5.43 Å². The van der Waals surface area contributed by atoms with Crippen molar-refractivity contribution in [1.82, 2.24) is 15.2 Å². The van der Waals surface area contributed by atoms with Gasteiger partial charge >= 0.3 is 0 Å². The van der Waals surface area contributed by atoms with Crippen molar-refractivity contribution in [1.29, 1.82) is 0 Å². The molecule has 1 amide bonds. The first kappa shape index (κ1) is 13.3. The summed E-state index contributed by atoms with van der Waals surface area (Å²) in [4.78, 5) is 26.0. The number of nitrogens with one attached hydrogen (secondary N) is 2. The molecule has 10 heteroatoms. The summed E-state index contributed by atoms with van der Waals surface area (Å²) in [7, 11) is 0. The maximum Gasteiger partial charge on any atom is 0.294 e. The van der Waals surface area contributed by atoms with Gasteiger partial charge in [-0.25, -0.2) is 4.98 Å². The number of hydrazine groups is 1. The van der Waals surface area contributed by atoms with E-state index in [0.717, 1.165) is 0 Å². The molecule has 0 aliphatic carbocycles. The van der Waals surface area contributed by atoms with Gasteiger partial charge in [0.15, 0.2) is 0 Å². The zero-order chi connectivity index (χ0) is 14.5. The van der Waals surface area contributed by atoms with Gasteiger partial charge in [-0.05, 0) is 6.07 Å². The molecule has 0 spiro atoms. The molecule has 0 radical (unpaired) electrons. The molecule has 20 heavy (non-hydrogen) atoms. The van der Waals surface area contributed by atoms with E-state index in [-0.39, 0.29) is 22.9 Å². The summed E-state index contributed by atoms with van der Waals surface area (Å²) in [5, 5.41) is 20.3. The molecule has 0 aliphatic rings. The molecule has 0 bridgehead atoms. The van der Waals surface area contributed by atoms with Crippen LogP contribution in [0.3, 0.4) is 0 Å². The summed E-state index contributed by atoms with van der Waals surface area (Å²) in [6, 6.07) is 3.98. The Kier molecular flexibility index (Phi) is 3.77. The van der Waals surface area contributed by atoms with E-state index in [1.54, 1.807) is 0 Å². The fourth-order valence-electron chi connectivity index (χ4n) is 1.51. The number of para-hydroxylation sites is 1. The number of benzene rings is 1. The number of nitro benzene ring substituents is 1. The van der Waals surface area contributed by atoms with Gasteiger partial charge in [0.1, 0.15) is 5.69 Å². The normalized spacial score (nSPS) is 9.85. The molecular formula is C10H9N7O3. The molecule has 0 aliphatic heterocycles. The van der Waals surface area contributed by atoms with Crippen molar-refractivity contribution < 1.29 is 9.72 Å². The third-order valence-electron chi connectivity index (χ3n) is 2.34. The van der Waals surface area contributed by atoms with E-state index < -0.39 is 10.8 Å². The summed E-state index contributed by atoms with van der Waals surface area (Å²) >= 11 is 0. The predicted octanol–water partition coefficient (Wildman–Crippen LogP) is 0.318. The number of hydrogen-bond acceptors (Lipinski definition) is 8. The fourth-order valence-corrected chi connectivity index (χ4v) is 1.51. The maximum atomic E-state index is 12.0. The minimum Gasteiger partial charge on any atom is -0.318 e. The van der Waals surface area contributed by atoms with Crippen LogP contribution in [-0.2, 0) is 0 Å². The number of nitro groups is 1. The van der Waals surface area contributed by atoms with Crippen LogP contribution in [0, 0.1) is 10.1 Å². The van der Waals surface area contributed by atoms with Gasteiger partial charge in [0.25, 0.3) is 11.6 Å². The highest BCUT2D eigenvalue weighted by Crippen LogP contribution is 2.27. The third kappa shape index (κ3) is 2.64. The number of nitrogens with zero attached hydrogens (tertiary/aromatic N) is 4. The Bertz CT molecular complexity index is 647. The predicted molar refractivity (Wildman–Crippen MR) is 68.7 cm³/mol. The Hall–Kier alpha value is -3.14. The molecule has 0 atom stereocenters. The summed E-state index contributed by atoms with van der Waals surface area (Å²) < 4.78 is 0. The van der Waals surface area contributed by atoms with E-state index in [9.17, 15) is 14.9 Å². The lowest BCUT2D eigenvalue weighted by Gasteiger charge is -2.08. The molecule has 2 rings (SSSR count). The van der Waals surface area contributed by atoms with Gasteiger partial charge in [-0.3, -0.25) is 26.1 Å². The molecule has 0 saturated heterocycles. The molecule has 1 aromatic carbocycles. The summed E-state index contributed by atoms with van der Waals surface area (Å²) in [6.45, 7) is 0. The third-order valence-corrected chi connectivity index (χ3v) is 2.34. The highest BCUT2D eigenvalue weighted by molar-refractivity contribution is 6.08. The minimum atomic E-state index is -0.646. The highest BCUT2D eigenvalue weighted by atomic mass is 16.6. The molecule has 0 unspecified atom stereocenters. The topological polar surface area (TPSA) is 149 Å². The van der Waals surface area contributed by atoms with Crippen LogP contribution in [0.4, 0.5) is 17.3 Å². The van der Waals surface area contributed by atoms with Crippen LogP contribution in [0.2, 0.25) is 0 Å². The van der Waals surface area contributed by atoms with Crippen LogP contribution in [0.15, 0.2) is 30.6 Å². The average molecular weight is 275 g/mol. The summed E-state index contributed by atoms with van der Waals surface area (Å²) in [5.41, 5.74) is 1.74. The van der Waals surface area contributed by atoms with Crippen molar-refractivity contribution in [3.8, 4) is 0 Å². The largest absolute Gasteiger partial charge is 0.318 e. The lowest BCUT2D eigenvalue weighted by atomic mass is 10.1. The Labute approximate surface area is 112 Å². The molecular weight excluding hydrogens is 266 g/mol. The molecule has 2 aromatic rings. The van der Waals surface area contributed by atoms with Crippen LogP contribution in [-0.4, -0.2) is 26.0 Å². The summed E-state index contributed by atoms with van der Waals surface area (Å²) in [5.74, 6) is 4.58. The quantitative estimate of drug-likeness (QED) is 0.410. The van der Waals surface area contributed by atoms with Crippen molar-refractivity contribution in [2.24, 2.45) is 5.84 Å². The molecule has 10 nitrogen and oxygen atoms in total. The van der Waals surface area contributed by atoms with E-state index in [0.29, 0.717) is 0 Å². The van der Waals surface area contributed by atoms with Crippen LogP contribution in [0.5, 0.6) is 0 Å². The number of nitrogen functional groups attached to an aromatic ring is 1. The van der Waals surface area contributed by atoms with Gasteiger partial charge in [-0.1, -0.05) is 6.07 Å². The van der Waals surface area contributed by atoms with Crippen molar-refractivity contribution >= 4 is 23.2 Å². The summed E-state index contributed by atoms with van der Waals surface area (Å²) in [6.07, 6.45) is 2.69. The Morgan fingerprint density at radius 1 is 1.35 bits per heavy atom. The second kappa shape index (κ2) is 5.67.